The molecule has 0 saturated carbocycles. The molecule has 2 aliphatic rings. The molecule has 3 rings (SSSR count). The molecule has 0 aliphatic carbocycles. The van der Waals surface area contributed by atoms with Crippen molar-refractivity contribution in [1.82, 2.24) is 20.0 Å². The van der Waals surface area contributed by atoms with Gasteiger partial charge in [-0.05, 0) is 19.2 Å². The highest BCUT2D eigenvalue weighted by Crippen LogP contribution is 2.23. The molecule has 3 amide bonds. The molecule has 1 unspecified atom stereocenters. The maximum absolute atomic E-state index is 12.9. The van der Waals surface area contributed by atoms with Crippen LogP contribution in [0.2, 0.25) is 0 Å². The summed E-state index contributed by atoms with van der Waals surface area (Å²) in [6.07, 6.45) is -0.0988. The molecule has 29 heavy (non-hydrogen) atoms. The Morgan fingerprint density at radius 3 is 2.62 bits per heavy atom. The Hall–Kier alpha value is -2.65. The molecular weight excluding hydrogens is 374 g/mol. The molecule has 1 atom stereocenters. The van der Waals surface area contributed by atoms with Crippen molar-refractivity contribution in [3.8, 4) is 5.75 Å². The average Bonchev–Trinajstić information content (AvgIpc) is 2.71. The van der Waals surface area contributed by atoms with Gasteiger partial charge in [0.25, 0.3) is 0 Å². The van der Waals surface area contributed by atoms with Crippen LogP contribution in [0.5, 0.6) is 5.75 Å². The second kappa shape index (κ2) is 9.71. The van der Waals surface area contributed by atoms with Crippen LogP contribution < -0.4 is 15.4 Å². The lowest BCUT2D eigenvalue weighted by Gasteiger charge is -2.37. The smallest absolute Gasteiger partial charge is 0.243 e. The first-order chi connectivity index (χ1) is 14.0. The van der Waals surface area contributed by atoms with E-state index >= 15 is 0 Å². The molecule has 158 valence electrons. The number of hydrogen-bond acceptors (Lipinski definition) is 6. The Bertz CT molecular complexity index is 748. The second-order valence-electron chi connectivity index (χ2n) is 7.43. The number of carbonyl (C=O) groups excluding carboxylic acids is 3. The van der Waals surface area contributed by atoms with Crippen LogP contribution >= 0.6 is 0 Å². The first-order valence-electron chi connectivity index (χ1n) is 9.89. The summed E-state index contributed by atoms with van der Waals surface area (Å²) >= 11 is 0. The molecule has 2 heterocycles. The molecule has 2 fully saturated rings. The van der Waals surface area contributed by atoms with Gasteiger partial charge in [0.15, 0.2) is 0 Å². The number of benzene rings is 1. The molecule has 2 N–H and O–H groups in total. The highest BCUT2D eigenvalue weighted by Gasteiger charge is 2.35. The van der Waals surface area contributed by atoms with Crippen molar-refractivity contribution in [3.63, 3.8) is 0 Å². The van der Waals surface area contributed by atoms with Gasteiger partial charge in [0, 0.05) is 39.3 Å². The van der Waals surface area contributed by atoms with E-state index in [-0.39, 0.29) is 30.7 Å². The maximum Gasteiger partial charge on any atom is 0.243 e. The van der Waals surface area contributed by atoms with Crippen molar-refractivity contribution < 1.29 is 19.1 Å². The van der Waals surface area contributed by atoms with Gasteiger partial charge >= 0.3 is 0 Å². The van der Waals surface area contributed by atoms with E-state index in [1.54, 1.807) is 23.1 Å². The number of hydrogen-bond donors (Lipinski definition) is 2. The van der Waals surface area contributed by atoms with Crippen molar-refractivity contribution in [3.05, 3.63) is 24.3 Å². The molecule has 2 saturated heterocycles. The lowest BCUT2D eigenvalue weighted by atomic mass is 10.1. The van der Waals surface area contributed by atoms with Crippen LogP contribution in [0.25, 0.3) is 0 Å². The van der Waals surface area contributed by atoms with E-state index in [9.17, 15) is 14.4 Å². The quantitative estimate of drug-likeness (QED) is 0.671. The van der Waals surface area contributed by atoms with E-state index in [0.717, 1.165) is 26.2 Å². The van der Waals surface area contributed by atoms with Crippen molar-refractivity contribution >= 4 is 23.4 Å². The Morgan fingerprint density at radius 1 is 1.17 bits per heavy atom. The van der Waals surface area contributed by atoms with Crippen molar-refractivity contribution in [2.24, 2.45) is 0 Å². The fourth-order valence-corrected chi connectivity index (χ4v) is 3.63. The summed E-state index contributed by atoms with van der Waals surface area (Å²) in [6, 6.07) is 6.26. The van der Waals surface area contributed by atoms with E-state index in [1.807, 2.05) is 6.07 Å². The van der Waals surface area contributed by atoms with Crippen LogP contribution in [-0.4, -0.2) is 98.4 Å². The normalized spacial score (nSPS) is 20.8. The average molecular weight is 403 g/mol. The molecule has 0 spiro atoms. The zero-order valence-electron chi connectivity index (χ0n) is 17.0. The summed E-state index contributed by atoms with van der Waals surface area (Å²) in [5, 5.41) is 5.54. The van der Waals surface area contributed by atoms with Gasteiger partial charge in [-0.15, -0.1) is 0 Å². The van der Waals surface area contributed by atoms with E-state index in [0.29, 0.717) is 24.5 Å². The lowest BCUT2D eigenvalue weighted by Crippen LogP contribution is -2.60. The molecule has 9 heteroatoms. The number of nitrogens with one attached hydrogen (secondary N) is 2. The minimum atomic E-state index is -0.807. The highest BCUT2D eigenvalue weighted by atomic mass is 16.5. The van der Waals surface area contributed by atoms with Gasteiger partial charge in [-0.25, -0.2) is 0 Å². The Labute approximate surface area is 171 Å². The Morgan fingerprint density at radius 2 is 1.90 bits per heavy atom. The number of amides is 3. The standard InChI is InChI=1S/C20H29N5O4/c1-23-9-11-24(12-10-23)14-19(27)25-8-7-21-20(28)16(25)13-18(26)22-15-5-3-4-6-17(15)29-2/h3-6,16H,7-14H2,1-2H3,(H,21,28)(H,22,26). The first kappa shape index (κ1) is 21.1. The summed E-state index contributed by atoms with van der Waals surface area (Å²) in [5.74, 6) is -0.205. The van der Waals surface area contributed by atoms with Crippen LogP contribution in [0.3, 0.4) is 0 Å². The number of ether oxygens (including phenoxy) is 1. The van der Waals surface area contributed by atoms with E-state index in [2.05, 4.69) is 27.5 Å². The zero-order valence-corrected chi connectivity index (χ0v) is 17.0. The molecule has 2 aliphatic heterocycles. The fraction of sp³-hybridized carbons (Fsp3) is 0.550. The van der Waals surface area contributed by atoms with E-state index in [1.165, 1.54) is 7.11 Å². The Balaban J connectivity index is 1.62. The van der Waals surface area contributed by atoms with Crippen LogP contribution in [0.15, 0.2) is 24.3 Å². The monoisotopic (exact) mass is 403 g/mol. The lowest BCUT2D eigenvalue weighted by molar-refractivity contribution is -0.145. The van der Waals surface area contributed by atoms with Gasteiger partial charge in [-0.2, -0.15) is 0 Å². The number of rotatable bonds is 6. The molecule has 9 nitrogen and oxygen atoms in total. The summed E-state index contributed by atoms with van der Waals surface area (Å²) in [4.78, 5) is 43.8. The fourth-order valence-electron chi connectivity index (χ4n) is 3.63. The molecule has 0 aromatic heterocycles. The predicted molar refractivity (Wildman–Crippen MR) is 109 cm³/mol. The summed E-state index contributed by atoms with van der Waals surface area (Å²) in [5.41, 5.74) is 0.534. The topological polar surface area (TPSA) is 94.2 Å². The largest absolute Gasteiger partial charge is 0.495 e. The van der Waals surface area contributed by atoms with Gasteiger partial charge < -0.3 is 25.2 Å². The minimum absolute atomic E-state index is 0.0988. The van der Waals surface area contributed by atoms with Crippen molar-refractivity contribution in [2.75, 3.05) is 65.3 Å². The molecular formula is C20H29N5O4. The summed E-state index contributed by atoms with van der Waals surface area (Å²) in [7, 11) is 3.59. The molecule has 1 aromatic rings. The van der Waals surface area contributed by atoms with E-state index in [4.69, 9.17) is 4.74 Å². The van der Waals surface area contributed by atoms with Crippen molar-refractivity contribution in [2.45, 2.75) is 12.5 Å². The van der Waals surface area contributed by atoms with E-state index < -0.39 is 6.04 Å². The highest BCUT2D eigenvalue weighted by molar-refractivity contribution is 5.98. The third kappa shape index (κ3) is 5.45. The summed E-state index contributed by atoms with van der Waals surface area (Å²) in [6.45, 7) is 4.55. The second-order valence-corrected chi connectivity index (χ2v) is 7.43. The first-order valence-corrected chi connectivity index (χ1v) is 9.89. The molecule has 0 bridgehead atoms. The third-order valence-electron chi connectivity index (χ3n) is 5.37. The molecule has 0 radical (unpaired) electrons. The number of carbonyl (C=O) groups is 3. The molecule has 1 aromatic carbocycles. The number of likely N-dealkylation sites (N-methyl/N-ethyl adjacent to an activating group) is 1. The number of para-hydroxylation sites is 2. The predicted octanol–water partition coefficient (Wildman–Crippen LogP) is -0.402. The third-order valence-corrected chi connectivity index (χ3v) is 5.37. The SMILES string of the molecule is COc1ccccc1NC(=O)CC1C(=O)NCCN1C(=O)CN1CCN(C)CC1. The van der Waals surface area contributed by atoms with Crippen LogP contribution in [0, 0.1) is 0 Å². The van der Waals surface area contributed by atoms with Crippen LogP contribution in [0.1, 0.15) is 6.42 Å². The van der Waals surface area contributed by atoms with Gasteiger partial charge in [0.05, 0.1) is 25.8 Å². The van der Waals surface area contributed by atoms with Crippen LogP contribution in [0.4, 0.5) is 5.69 Å². The Kier molecular flexibility index (Phi) is 7.05. The van der Waals surface area contributed by atoms with Gasteiger partial charge in [-0.1, -0.05) is 12.1 Å². The van der Waals surface area contributed by atoms with Crippen LogP contribution in [-0.2, 0) is 14.4 Å². The number of anilines is 1. The maximum atomic E-state index is 12.9. The van der Waals surface area contributed by atoms with Crippen molar-refractivity contribution in [1.29, 1.82) is 0 Å². The van der Waals surface area contributed by atoms with Gasteiger partial charge in [0.1, 0.15) is 11.8 Å². The minimum Gasteiger partial charge on any atom is -0.495 e. The number of piperazine rings is 2. The zero-order chi connectivity index (χ0) is 20.8. The summed E-state index contributed by atoms with van der Waals surface area (Å²) < 4.78 is 5.24. The van der Waals surface area contributed by atoms with Gasteiger partial charge in [-0.3, -0.25) is 19.3 Å². The van der Waals surface area contributed by atoms with Gasteiger partial charge in [0.2, 0.25) is 17.7 Å². The number of methoxy groups -OCH3 is 1. The number of nitrogens with zero attached hydrogens (tertiary/aromatic N) is 3.